The maximum atomic E-state index is 11.4. The molecule has 1 heterocycles. The molecule has 1 amide bonds. The summed E-state index contributed by atoms with van der Waals surface area (Å²) >= 11 is 0. The molecule has 1 N–H and O–H groups in total. The van der Waals surface area contributed by atoms with Gasteiger partial charge in [-0.3, -0.25) is 4.79 Å². The lowest BCUT2D eigenvalue weighted by atomic mass is 9.89. The van der Waals surface area contributed by atoms with Gasteiger partial charge >= 0.3 is 0 Å². The van der Waals surface area contributed by atoms with Crippen LogP contribution in [0.3, 0.4) is 0 Å². The second-order valence-corrected chi connectivity index (χ2v) is 5.59. The van der Waals surface area contributed by atoms with Crippen LogP contribution in [0.2, 0.25) is 0 Å². The van der Waals surface area contributed by atoms with Crippen LogP contribution in [0, 0.1) is 0 Å². The number of hydrogen-bond acceptors (Lipinski definition) is 2. The van der Waals surface area contributed by atoms with Crippen LogP contribution in [0.25, 0.3) is 0 Å². The quantitative estimate of drug-likeness (QED) is 0.855. The molecular weight excluding hydrogens is 250 g/mol. The Kier molecular flexibility index (Phi) is 3.51. The minimum absolute atomic E-state index is 0.0889. The van der Waals surface area contributed by atoms with Gasteiger partial charge in [-0.05, 0) is 30.0 Å². The fraction of sp³-hybridized carbons (Fsp3) is 0.471. The fourth-order valence-corrected chi connectivity index (χ4v) is 3.31. The summed E-state index contributed by atoms with van der Waals surface area (Å²) in [6.07, 6.45) is 3.74. The summed E-state index contributed by atoms with van der Waals surface area (Å²) in [5, 5.41) is 2.94. The van der Waals surface area contributed by atoms with Crippen molar-refractivity contribution in [2.75, 3.05) is 13.2 Å². The average molecular weight is 271 g/mol. The molecule has 3 heteroatoms. The zero-order valence-electron chi connectivity index (χ0n) is 12.0. The number of fused-ring (bicyclic) bond motifs is 3. The van der Waals surface area contributed by atoms with E-state index in [0.29, 0.717) is 18.9 Å². The highest BCUT2D eigenvalue weighted by atomic mass is 16.5. The summed E-state index contributed by atoms with van der Waals surface area (Å²) < 4.78 is 5.67. The van der Waals surface area contributed by atoms with E-state index in [1.807, 2.05) is 6.92 Å². The van der Waals surface area contributed by atoms with Crippen molar-refractivity contribution in [3.63, 3.8) is 0 Å². The predicted molar refractivity (Wildman–Crippen MR) is 79.1 cm³/mol. The van der Waals surface area contributed by atoms with Crippen LogP contribution in [0.1, 0.15) is 42.4 Å². The number of hydrogen-bond donors (Lipinski definition) is 1. The molecule has 1 aliphatic carbocycles. The molecule has 20 heavy (non-hydrogen) atoms. The standard InChI is InChI=1S/C17H21NO2/c1-3-16(19)18-10-11(2)13-6-4-12-5-7-15-14(17(12)13)8-9-20-15/h5,7,13H,2-4,6,8-10H2,1H3,(H,18,19). The largest absolute Gasteiger partial charge is 0.493 e. The lowest BCUT2D eigenvalue weighted by molar-refractivity contribution is -0.120. The zero-order chi connectivity index (χ0) is 14.1. The van der Waals surface area contributed by atoms with Crippen molar-refractivity contribution in [2.45, 2.75) is 38.5 Å². The molecule has 1 aromatic rings. The van der Waals surface area contributed by atoms with Crippen LogP contribution < -0.4 is 10.1 Å². The molecule has 1 aromatic carbocycles. The second kappa shape index (κ2) is 5.31. The average Bonchev–Trinajstić information content (AvgIpc) is 3.08. The van der Waals surface area contributed by atoms with Crippen molar-refractivity contribution in [2.24, 2.45) is 0 Å². The number of carbonyl (C=O) groups excluding carboxylic acids is 1. The van der Waals surface area contributed by atoms with Crippen molar-refractivity contribution >= 4 is 5.91 Å². The van der Waals surface area contributed by atoms with Crippen molar-refractivity contribution in [1.82, 2.24) is 5.32 Å². The molecule has 3 rings (SSSR count). The second-order valence-electron chi connectivity index (χ2n) is 5.59. The molecule has 0 saturated heterocycles. The van der Waals surface area contributed by atoms with Crippen LogP contribution in [0.5, 0.6) is 5.75 Å². The van der Waals surface area contributed by atoms with Gasteiger partial charge < -0.3 is 10.1 Å². The Hall–Kier alpha value is -1.77. The summed E-state index contributed by atoms with van der Waals surface area (Å²) in [6, 6.07) is 4.29. The van der Waals surface area contributed by atoms with Gasteiger partial charge in [-0.1, -0.05) is 25.1 Å². The van der Waals surface area contributed by atoms with E-state index in [1.165, 1.54) is 16.7 Å². The number of rotatable bonds is 4. The number of nitrogens with one attached hydrogen (secondary N) is 1. The summed E-state index contributed by atoms with van der Waals surface area (Å²) in [4.78, 5) is 11.4. The molecular formula is C17H21NO2. The first-order valence-electron chi connectivity index (χ1n) is 7.42. The van der Waals surface area contributed by atoms with Crippen LogP contribution in [0.4, 0.5) is 0 Å². The molecule has 2 aliphatic rings. The van der Waals surface area contributed by atoms with E-state index >= 15 is 0 Å². The first kappa shape index (κ1) is 13.2. The Bertz CT molecular complexity index is 562. The van der Waals surface area contributed by atoms with E-state index in [0.717, 1.165) is 37.2 Å². The third-order valence-electron chi connectivity index (χ3n) is 4.39. The molecule has 0 radical (unpaired) electrons. The molecule has 1 atom stereocenters. The fourth-order valence-electron chi connectivity index (χ4n) is 3.31. The van der Waals surface area contributed by atoms with Crippen molar-refractivity contribution < 1.29 is 9.53 Å². The van der Waals surface area contributed by atoms with E-state index in [9.17, 15) is 4.79 Å². The summed E-state index contributed by atoms with van der Waals surface area (Å²) in [7, 11) is 0. The van der Waals surface area contributed by atoms with E-state index in [-0.39, 0.29) is 5.91 Å². The molecule has 0 saturated carbocycles. The Morgan fingerprint density at radius 3 is 3.10 bits per heavy atom. The number of ether oxygens (including phenoxy) is 1. The molecule has 0 fully saturated rings. The van der Waals surface area contributed by atoms with Gasteiger partial charge in [0.2, 0.25) is 5.91 Å². The van der Waals surface area contributed by atoms with Crippen LogP contribution in [0.15, 0.2) is 24.3 Å². The lowest BCUT2D eigenvalue weighted by Crippen LogP contribution is -2.25. The van der Waals surface area contributed by atoms with Gasteiger partial charge in [0.1, 0.15) is 5.75 Å². The third kappa shape index (κ3) is 2.21. The minimum Gasteiger partial charge on any atom is -0.493 e. The van der Waals surface area contributed by atoms with E-state index < -0.39 is 0 Å². The minimum atomic E-state index is 0.0889. The molecule has 106 valence electrons. The Morgan fingerprint density at radius 1 is 1.45 bits per heavy atom. The maximum Gasteiger partial charge on any atom is 0.219 e. The Labute approximate surface area is 120 Å². The van der Waals surface area contributed by atoms with Gasteiger partial charge in [0.05, 0.1) is 6.61 Å². The van der Waals surface area contributed by atoms with Gasteiger partial charge in [0.25, 0.3) is 0 Å². The number of carbonyl (C=O) groups is 1. The molecule has 1 aliphatic heterocycles. The molecule has 0 bridgehead atoms. The van der Waals surface area contributed by atoms with Crippen LogP contribution >= 0.6 is 0 Å². The lowest BCUT2D eigenvalue weighted by Gasteiger charge is -2.18. The normalized spacial score (nSPS) is 19.1. The molecule has 3 nitrogen and oxygen atoms in total. The summed E-state index contributed by atoms with van der Waals surface area (Å²) in [5.74, 6) is 1.51. The molecule has 0 aromatic heterocycles. The highest BCUT2D eigenvalue weighted by molar-refractivity contribution is 5.75. The van der Waals surface area contributed by atoms with E-state index in [4.69, 9.17) is 4.74 Å². The van der Waals surface area contributed by atoms with Gasteiger partial charge in [0, 0.05) is 30.9 Å². The monoisotopic (exact) mass is 271 g/mol. The first-order chi connectivity index (χ1) is 9.70. The van der Waals surface area contributed by atoms with Crippen molar-refractivity contribution in [3.8, 4) is 5.75 Å². The number of amides is 1. The SMILES string of the molecule is C=C(CNC(=O)CC)C1CCc2ccc3c(c21)CCO3. The highest BCUT2D eigenvalue weighted by Crippen LogP contribution is 2.44. The zero-order valence-corrected chi connectivity index (χ0v) is 12.0. The highest BCUT2D eigenvalue weighted by Gasteiger charge is 2.30. The van der Waals surface area contributed by atoms with Gasteiger partial charge in [-0.15, -0.1) is 0 Å². The molecule has 0 spiro atoms. The summed E-state index contributed by atoms with van der Waals surface area (Å²) in [5.41, 5.74) is 5.34. The van der Waals surface area contributed by atoms with Gasteiger partial charge in [-0.2, -0.15) is 0 Å². The van der Waals surface area contributed by atoms with Crippen LogP contribution in [-0.2, 0) is 17.6 Å². The molecule has 1 unspecified atom stereocenters. The van der Waals surface area contributed by atoms with Crippen molar-refractivity contribution in [1.29, 1.82) is 0 Å². The smallest absolute Gasteiger partial charge is 0.219 e. The topological polar surface area (TPSA) is 38.3 Å². The Morgan fingerprint density at radius 2 is 2.30 bits per heavy atom. The van der Waals surface area contributed by atoms with Crippen molar-refractivity contribution in [3.05, 3.63) is 41.0 Å². The van der Waals surface area contributed by atoms with Crippen LogP contribution in [-0.4, -0.2) is 19.1 Å². The number of benzene rings is 1. The van der Waals surface area contributed by atoms with Gasteiger partial charge in [0.15, 0.2) is 0 Å². The predicted octanol–water partition coefficient (Wildman–Crippen LogP) is 2.73. The third-order valence-corrected chi connectivity index (χ3v) is 4.39. The van der Waals surface area contributed by atoms with Gasteiger partial charge in [-0.25, -0.2) is 0 Å². The number of aryl methyl sites for hydroxylation is 1. The summed E-state index contributed by atoms with van der Waals surface area (Å²) in [6.45, 7) is 7.45. The maximum absolute atomic E-state index is 11.4. The first-order valence-corrected chi connectivity index (χ1v) is 7.42. The van der Waals surface area contributed by atoms with E-state index in [2.05, 4.69) is 24.0 Å². The Balaban J connectivity index is 1.80. The van der Waals surface area contributed by atoms with E-state index in [1.54, 1.807) is 0 Å².